The summed E-state index contributed by atoms with van der Waals surface area (Å²) in [5.41, 5.74) is 2.53. The molecule has 112 valence electrons. The molecule has 1 atom stereocenters. The number of nitrogens with one attached hydrogen (secondary N) is 1. The van der Waals surface area contributed by atoms with E-state index in [-0.39, 0.29) is 11.9 Å². The minimum Gasteiger partial charge on any atom is -0.366 e. The van der Waals surface area contributed by atoms with Gasteiger partial charge < -0.3 is 10.2 Å². The van der Waals surface area contributed by atoms with Gasteiger partial charge in [-0.15, -0.1) is 0 Å². The molecule has 3 nitrogen and oxygen atoms in total. The summed E-state index contributed by atoms with van der Waals surface area (Å²) in [5.74, 6) is -0.198. The lowest BCUT2D eigenvalue weighted by Gasteiger charge is -2.25. The molecule has 1 aromatic carbocycles. The minimum absolute atomic E-state index is 0.104. The number of hydrogen-bond donors (Lipinski definition) is 1. The second-order valence-corrected chi connectivity index (χ2v) is 5.13. The molecule has 0 aliphatic rings. The van der Waals surface area contributed by atoms with Gasteiger partial charge in [0.15, 0.2) is 0 Å². The molecule has 0 saturated carbocycles. The summed E-state index contributed by atoms with van der Waals surface area (Å²) in [6.45, 7) is 5.53. The molecule has 4 heteroatoms. The van der Waals surface area contributed by atoms with Crippen molar-refractivity contribution >= 4 is 5.69 Å². The second-order valence-electron chi connectivity index (χ2n) is 5.13. The highest BCUT2D eigenvalue weighted by Gasteiger charge is 2.17. The fourth-order valence-electron chi connectivity index (χ4n) is 2.51. The zero-order chi connectivity index (χ0) is 15.2. The van der Waals surface area contributed by atoms with Crippen LogP contribution in [0.4, 0.5) is 10.1 Å². The fourth-order valence-corrected chi connectivity index (χ4v) is 2.51. The average molecular weight is 287 g/mol. The zero-order valence-electron chi connectivity index (χ0n) is 12.8. The SMILES string of the molecule is CCNC(C)c1cccc(F)c1N(C)Cc1ccccn1. The highest BCUT2D eigenvalue weighted by atomic mass is 19.1. The Morgan fingerprint density at radius 1 is 1.24 bits per heavy atom. The first kappa shape index (κ1) is 15.4. The van der Waals surface area contributed by atoms with Crippen LogP contribution in [0.2, 0.25) is 0 Å². The van der Waals surface area contributed by atoms with Crippen molar-refractivity contribution in [1.82, 2.24) is 10.3 Å². The first-order valence-corrected chi connectivity index (χ1v) is 7.26. The van der Waals surface area contributed by atoms with E-state index in [1.54, 1.807) is 12.3 Å². The van der Waals surface area contributed by atoms with E-state index in [0.717, 1.165) is 17.8 Å². The Hall–Kier alpha value is -1.94. The molecule has 0 aliphatic carbocycles. The smallest absolute Gasteiger partial charge is 0.146 e. The van der Waals surface area contributed by atoms with E-state index < -0.39 is 0 Å². The van der Waals surface area contributed by atoms with Gasteiger partial charge in [0.25, 0.3) is 0 Å². The van der Waals surface area contributed by atoms with E-state index in [1.165, 1.54) is 6.07 Å². The van der Waals surface area contributed by atoms with E-state index in [9.17, 15) is 4.39 Å². The summed E-state index contributed by atoms with van der Waals surface area (Å²) in [6.07, 6.45) is 1.76. The van der Waals surface area contributed by atoms with Crippen molar-refractivity contribution in [3.63, 3.8) is 0 Å². The van der Waals surface area contributed by atoms with Gasteiger partial charge in [-0.3, -0.25) is 4.98 Å². The first-order chi connectivity index (χ1) is 10.1. The van der Waals surface area contributed by atoms with Crippen LogP contribution < -0.4 is 10.2 Å². The van der Waals surface area contributed by atoms with E-state index in [2.05, 4.69) is 17.2 Å². The van der Waals surface area contributed by atoms with Crippen molar-refractivity contribution in [2.45, 2.75) is 26.4 Å². The van der Waals surface area contributed by atoms with Crippen molar-refractivity contribution in [3.05, 3.63) is 59.7 Å². The van der Waals surface area contributed by atoms with Gasteiger partial charge >= 0.3 is 0 Å². The van der Waals surface area contributed by atoms with Crippen LogP contribution in [0.25, 0.3) is 0 Å². The lowest BCUT2D eigenvalue weighted by Crippen LogP contribution is -2.24. The summed E-state index contributed by atoms with van der Waals surface area (Å²) in [6, 6.07) is 11.1. The van der Waals surface area contributed by atoms with Crippen LogP contribution in [0.5, 0.6) is 0 Å². The Morgan fingerprint density at radius 3 is 2.71 bits per heavy atom. The number of aromatic nitrogens is 1. The predicted octanol–water partition coefficient (Wildman–Crippen LogP) is 3.53. The number of halogens is 1. The third-order valence-electron chi connectivity index (χ3n) is 3.50. The molecule has 1 heterocycles. The molecule has 2 rings (SSSR count). The molecule has 0 aliphatic heterocycles. The molecule has 21 heavy (non-hydrogen) atoms. The van der Waals surface area contributed by atoms with Gasteiger partial charge in [-0.2, -0.15) is 0 Å². The molecule has 1 N–H and O–H groups in total. The van der Waals surface area contributed by atoms with Crippen LogP contribution in [-0.4, -0.2) is 18.6 Å². The van der Waals surface area contributed by atoms with E-state index >= 15 is 0 Å². The van der Waals surface area contributed by atoms with Crippen LogP contribution >= 0.6 is 0 Å². The maximum Gasteiger partial charge on any atom is 0.146 e. The molecule has 1 aromatic heterocycles. The number of pyridine rings is 1. The lowest BCUT2D eigenvalue weighted by atomic mass is 10.0. The van der Waals surface area contributed by atoms with Gasteiger partial charge in [-0.05, 0) is 37.2 Å². The van der Waals surface area contributed by atoms with Crippen LogP contribution in [0.15, 0.2) is 42.6 Å². The van der Waals surface area contributed by atoms with Crippen molar-refractivity contribution in [1.29, 1.82) is 0 Å². The summed E-state index contributed by atoms with van der Waals surface area (Å²) in [4.78, 5) is 6.22. The van der Waals surface area contributed by atoms with E-state index in [4.69, 9.17) is 0 Å². The summed E-state index contributed by atoms with van der Waals surface area (Å²) in [7, 11) is 1.90. The number of hydrogen-bond acceptors (Lipinski definition) is 3. The molecule has 0 amide bonds. The molecule has 0 fully saturated rings. The van der Waals surface area contributed by atoms with Crippen molar-refractivity contribution in [2.75, 3.05) is 18.5 Å². The maximum atomic E-state index is 14.3. The Bertz CT molecular complexity index is 572. The number of benzene rings is 1. The largest absolute Gasteiger partial charge is 0.366 e. The third kappa shape index (κ3) is 3.79. The topological polar surface area (TPSA) is 28.2 Å². The summed E-state index contributed by atoms with van der Waals surface area (Å²) < 4.78 is 14.3. The van der Waals surface area contributed by atoms with Crippen LogP contribution in [-0.2, 0) is 6.54 Å². The molecule has 0 spiro atoms. The Balaban J connectivity index is 2.29. The lowest BCUT2D eigenvalue weighted by molar-refractivity contribution is 0.579. The number of rotatable bonds is 6. The van der Waals surface area contributed by atoms with Gasteiger partial charge in [0, 0.05) is 19.3 Å². The van der Waals surface area contributed by atoms with Gasteiger partial charge in [-0.1, -0.05) is 25.1 Å². The van der Waals surface area contributed by atoms with Gasteiger partial charge in [0.05, 0.1) is 17.9 Å². The van der Waals surface area contributed by atoms with Gasteiger partial charge in [0.2, 0.25) is 0 Å². The molecule has 1 unspecified atom stereocenters. The van der Waals surface area contributed by atoms with E-state index in [1.807, 2.05) is 43.1 Å². The van der Waals surface area contributed by atoms with Crippen molar-refractivity contribution in [3.8, 4) is 0 Å². The van der Waals surface area contributed by atoms with Gasteiger partial charge in [0.1, 0.15) is 5.82 Å². The second kappa shape index (κ2) is 7.18. The quantitative estimate of drug-likeness (QED) is 0.881. The van der Waals surface area contributed by atoms with Crippen molar-refractivity contribution < 1.29 is 4.39 Å². The monoisotopic (exact) mass is 287 g/mol. The average Bonchev–Trinajstić information content (AvgIpc) is 2.48. The zero-order valence-corrected chi connectivity index (χ0v) is 12.8. The summed E-state index contributed by atoms with van der Waals surface area (Å²) >= 11 is 0. The Morgan fingerprint density at radius 2 is 2.05 bits per heavy atom. The van der Waals surface area contributed by atoms with Crippen LogP contribution in [0.3, 0.4) is 0 Å². The van der Waals surface area contributed by atoms with E-state index in [0.29, 0.717) is 12.2 Å². The summed E-state index contributed by atoms with van der Waals surface area (Å²) in [5, 5.41) is 3.34. The predicted molar refractivity (Wildman–Crippen MR) is 84.8 cm³/mol. The number of anilines is 1. The molecular formula is C17H22FN3. The molecule has 0 bridgehead atoms. The minimum atomic E-state index is -0.198. The van der Waals surface area contributed by atoms with Gasteiger partial charge in [-0.25, -0.2) is 4.39 Å². The molecule has 2 aromatic rings. The van der Waals surface area contributed by atoms with Crippen LogP contribution in [0, 0.1) is 5.82 Å². The van der Waals surface area contributed by atoms with Crippen molar-refractivity contribution in [2.24, 2.45) is 0 Å². The Kier molecular flexibility index (Phi) is 5.28. The molecule has 0 saturated heterocycles. The number of nitrogens with zero attached hydrogens (tertiary/aromatic N) is 2. The normalized spacial score (nSPS) is 12.2. The molecular weight excluding hydrogens is 265 g/mol. The maximum absolute atomic E-state index is 14.3. The third-order valence-corrected chi connectivity index (χ3v) is 3.50. The standard InChI is InChI=1S/C17H22FN3/c1-4-19-13(2)15-9-7-10-16(18)17(15)21(3)12-14-8-5-6-11-20-14/h5-11,13,19H,4,12H2,1-3H3. The highest BCUT2D eigenvalue weighted by molar-refractivity contribution is 5.55. The van der Waals surface area contributed by atoms with Crippen LogP contribution in [0.1, 0.15) is 31.1 Å². The molecule has 0 radical (unpaired) electrons. The number of para-hydroxylation sites is 1. The highest BCUT2D eigenvalue weighted by Crippen LogP contribution is 2.29. The first-order valence-electron chi connectivity index (χ1n) is 7.26. The fraction of sp³-hybridized carbons (Fsp3) is 0.353. The Labute approximate surface area is 125 Å².